The van der Waals surface area contributed by atoms with E-state index in [1.807, 2.05) is 0 Å². The SMILES string of the molecule is S=C(SSc1cccc2ccccc12)N1CCC(Cc2ccccc2)CC1. The summed E-state index contributed by atoms with van der Waals surface area (Å²) in [5.74, 6) is 0.780. The number of hydrogen-bond donors (Lipinski definition) is 0. The second-order valence-electron chi connectivity index (χ2n) is 7.03. The van der Waals surface area contributed by atoms with Gasteiger partial charge in [-0.25, -0.2) is 0 Å². The van der Waals surface area contributed by atoms with Crippen molar-refractivity contribution in [3.63, 3.8) is 0 Å². The number of likely N-dealkylation sites (tertiary alicyclic amines) is 1. The van der Waals surface area contributed by atoms with Gasteiger partial charge in [0.15, 0.2) is 0 Å². The first kappa shape index (κ1) is 18.9. The van der Waals surface area contributed by atoms with Gasteiger partial charge in [0.2, 0.25) is 0 Å². The third-order valence-electron chi connectivity index (χ3n) is 5.19. The van der Waals surface area contributed by atoms with Crippen molar-refractivity contribution < 1.29 is 0 Å². The Kier molecular flexibility index (Phi) is 6.38. The Balaban J connectivity index is 1.29. The molecule has 1 nitrogen and oxygen atoms in total. The van der Waals surface area contributed by atoms with Gasteiger partial charge in [0.1, 0.15) is 4.32 Å². The molecule has 0 unspecified atom stereocenters. The molecule has 1 heterocycles. The minimum absolute atomic E-state index is 0.780. The molecule has 3 aromatic carbocycles. The lowest BCUT2D eigenvalue weighted by molar-refractivity contribution is 0.272. The van der Waals surface area contributed by atoms with Crippen LogP contribution >= 0.6 is 33.8 Å². The molecule has 0 bridgehead atoms. The first-order valence-electron chi connectivity index (χ1n) is 9.45. The Hall–Kier alpha value is -1.49. The van der Waals surface area contributed by atoms with E-state index in [-0.39, 0.29) is 0 Å². The quantitative estimate of drug-likeness (QED) is 0.343. The third kappa shape index (κ3) is 4.87. The van der Waals surface area contributed by atoms with E-state index in [0.717, 1.165) is 23.3 Å². The molecule has 138 valence electrons. The molecule has 0 aliphatic carbocycles. The van der Waals surface area contributed by atoms with Crippen LogP contribution in [0.5, 0.6) is 0 Å². The number of rotatable bonds is 4. The van der Waals surface area contributed by atoms with Crippen LogP contribution in [0.4, 0.5) is 0 Å². The number of thiocarbonyl (C=S) groups is 1. The largest absolute Gasteiger partial charge is 0.357 e. The van der Waals surface area contributed by atoms with Gasteiger partial charge in [-0.15, -0.1) is 0 Å². The van der Waals surface area contributed by atoms with Crippen LogP contribution in [-0.2, 0) is 6.42 Å². The number of hydrogen-bond acceptors (Lipinski definition) is 3. The fourth-order valence-corrected chi connectivity index (χ4v) is 6.25. The lowest BCUT2D eigenvalue weighted by Crippen LogP contribution is -2.36. The molecule has 0 aromatic heterocycles. The minimum atomic E-state index is 0.780. The lowest BCUT2D eigenvalue weighted by atomic mass is 9.90. The first-order chi connectivity index (χ1) is 13.3. The molecule has 0 amide bonds. The monoisotopic (exact) mass is 409 g/mol. The molecule has 1 fully saturated rings. The topological polar surface area (TPSA) is 3.24 Å². The van der Waals surface area contributed by atoms with Gasteiger partial charge >= 0.3 is 0 Å². The number of benzene rings is 3. The molecule has 0 N–H and O–H groups in total. The third-order valence-corrected chi connectivity index (χ3v) is 8.30. The van der Waals surface area contributed by atoms with Crippen LogP contribution in [0.3, 0.4) is 0 Å². The highest BCUT2D eigenvalue weighted by molar-refractivity contribution is 8.83. The molecule has 3 aromatic rings. The van der Waals surface area contributed by atoms with Crippen LogP contribution in [0.15, 0.2) is 77.7 Å². The molecular weight excluding hydrogens is 386 g/mol. The Morgan fingerprint density at radius 2 is 1.59 bits per heavy atom. The van der Waals surface area contributed by atoms with Gasteiger partial charge in [-0.05, 0) is 69.2 Å². The average molecular weight is 410 g/mol. The molecule has 0 saturated carbocycles. The summed E-state index contributed by atoms with van der Waals surface area (Å²) in [7, 11) is 3.52. The van der Waals surface area contributed by atoms with E-state index < -0.39 is 0 Å². The van der Waals surface area contributed by atoms with Crippen molar-refractivity contribution in [2.75, 3.05) is 13.1 Å². The molecule has 0 radical (unpaired) electrons. The van der Waals surface area contributed by atoms with Crippen LogP contribution in [0.1, 0.15) is 18.4 Å². The maximum absolute atomic E-state index is 5.73. The standard InChI is InChI=1S/C23H23NS3/c25-23(27-26-22-12-6-10-20-9-4-5-11-21(20)22)24-15-13-19(14-16-24)17-18-7-2-1-3-8-18/h1-12,19H,13-17H2. The van der Waals surface area contributed by atoms with E-state index in [1.54, 1.807) is 21.6 Å². The number of fused-ring (bicyclic) bond motifs is 1. The van der Waals surface area contributed by atoms with Crippen molar-refractivity contribution in [3.8, 4) is 0 Å². The maximum atomic E-state index is 5.73. The van der Waals surface area contributed by atoms with Crippen molar-refractivity contribution in [1.82, 2.24) is 4.90 Å². The summed E-state index contributed by atoms with van der Waals surface area (Å²) in [6.45, 7) is 2.17. The van der Waals surface area contributed by atoms with E-state index in [9.17, 15) is 0 Å². The van der Waals surface area contributed by atoms with Crippen LogP contribution < -0.4 is 0 Å². The first-order valence-corrected chi connectivity index (χ1v) is 12.0. The van der Waals surface area contributed by atoms with E-state index in [4.69, 9.17) is 12.2 Å². The summed E-state index contributed by atoms with van der Waals surface area (Å²) in [6, 6.07) is 25.9. The molecule has 27 heavy (non-hydrogen) atoms. The van der Waals surface area contributed by atoms with Crippen molar-refractivity contribution >= 4 is 48.9 Å². The maximum Gasteiger partial charge on any atom is 0.147 e. The lowest BCUT2D eigenvalue weighted by Gasteiger charge is -2.33. The van der Waals surface area contributed by atoms with E-state index in [1.165, 1.54) is 40.5 Å². The smallest absolute Gasteiger partial charge is 0.147 e. The van der Waals surface area contributed by atoms with Gasteiger partial charge < -0.3 is 4.90 Å². The van der Waals surface area contributed by atoms with Gasteiger partial charge in [0.25, 0.3) is 0 Å². The average Bonchev–Trinajstić information content (AvgIpc) is 2.73. The van der Waals surface area contributed by atoms with Crippen molar-refractivity contribution in [2.45, 2.75) is 24.2 Å². The Labute approximate surface area is 174 Å². The normalized spacial score (nSPS) is 15.2. The summed E-state index contributed by atoms with van der Waals surface area (Å²) >= 11 is 5.73. The van der Waals surface area contributed by atoms with E-state index >= 15 is 0 Å². The van der Waals surface area contributed by atoms with Gasteiger partial charge in [0, 0.05) is 18.0 Å². The predicted molar refractivity (Wildman–Crippen MR) is 124 cm³/mol. The Morgan fingerprint density at radius 1 is 0.889 bits per heavy atom. The highest BCUT2D eigenvalue weighted by Gasteiger charge is 2.21. The minimum Gasteiger partial charge on any atom is -0.357 e. The summed E-state index contributed by atoms with van der Waals surface area (Å²) in [4.78, 5) is 3.68. The highest BCUT2D eigenvalue weighted by atomic mass is 33.1. The zero-order valence-corrected chi connectivity index (χ0v) is 17.7. The molecule has 4 heteroatoms. The van der Waals surface area contributed by atoms with Crippen molar-refractivity contribution in [2.24, 2.45) is 5.92 Å². The van der Waals surface area contributed by atoms with Gasteiger partial charge in [-0.2, -0.15) is 0 Å². The zero-order valence-electron chi connectivity index (χ0n) is 15.2. The van der Waals surface area contributed by atoms with Crippen LogP contribution in [0.25, 0.3) is 10.8 Å². The number of nitrogens with zero attached hydrogens (tertiary/aromatic N) is 1. The summed E-state index contributed by atoms with van der Waals surface area (Å²) in [6.07, 6.45) is 3.66. The molecule has 1 aliphatic heterocycles. The van der Waals surface area contributed by atoms with Crippen molar-refractivity contribution in [3.05, 3.63) is 78.4 Å². The van der Waals surface area contributed by atoms with Gasteiger partial charge in [-0.3, -0.25) is 0 Å². The van der Waals surface area contributed by atoms with Gasteiger partial charge in [-0.1, -0.05) is 78.9 Å². The number of piperidine rings is 1. The molecule has 0 spiro atoms. The Morgan fingerprint density at radius 3 is 2.41 bits per heavy atom. The van der Waals surface area contributed by atoms with Crippen LogP contribution in [0.2, 0.25) is 0 Å². The summed E-state index contributed by atoms with van der Waals surface area (Å²) in [5, 5.41) is 2.60. The molecule has 1 aliphatic rings. The van der Waals surface area contributed by atoms with E-state index in [0.29, 0.717) is 0 Å². The van der Waals surface area contributed by atoms with E-state index in [2.05, 4.69) is 77.7 Å². The molecule has 1 saturated heterocycles. The second-order valence-corrected chi connectivity index (χ2v) is 9.83. The highest BCUT2D eigenvalue weighted by Crippen LogP contribution is 2.38. The molecular formula is C23H23NS3. The van der Waals surface area contributed by atoms with Crippen molar-refractivity contribution in [1.29, 1.82) is 0 Å². The fourth-order valence-electron chi connectivity index (χ4n) is 3.67. The van der Waals surface area contributed by atoms with Crippen LogP contribution in [-0.4, -0.2) is 22.3 Å². The zero-order chi connectivity index (χ0) is 18.5. The Bertz CT molecular complexity index is 896. The molecule has 4 rings (SSSR count). The molecule has 0 atom stereocenters. The second kappa shape index (κ2) is 9.13. The van der Waals surface area contributed by atoms with Gasteiger partial charge in [0.05, 0.1) is 0 Å². The summed E-state index contributed by atoms with van der Waals surface area (Å²) in [5.41, 5.74) is 1.46. The fraction of sp³-hybridized carbons (Fsp3) is 0.261. The summed E-state index contributed by atoms with van der Waals surface area (Å²) < 4.78 is 1.02. The van der Waals surface area contributed by atoms with Crippen LogP contribution in [0, 0.1) is 5.92 Å². The predicted octanol–water partition coefficient (Wildman–Crippen LogP) is 6.82.